The Morgan fingerprint density at radius 1 is 0.462 bits per heavy atom. The van der Waals surface area contributed by atoms with E-state index in [0.717, 1.165) is 70.6 Å². The molecule has 10 heteroatoms. The Bertz CT molecular complexity index is 1160. The lowest BCUT2D eigenvalue weighted by Gasteiger charge is -2.19. The predicted octanol–water partition coefficient (Wildman–Crippen LogP) is 16.8. The van der Waals surface area contributed by atoms with Crippen molar-refractivity contribution < 1.29 is 37.6 Å². The quantitative estimate of drug-likeness (QED) is 0.0264. The fourth-order valence-corrected chi connectivity index (χ4v) is 8.70. The van der Waals surface area contributed by atoms with Gasteiger partial charge in [-0.25, -0.2) is 4.57 Å². The van der Waals surface area contributed by atoms with E-state index in [1.807, 2.05) is 0 Å². The summed E-state index contributed by atoms with van der Waals surface area (Å²) in [6.45, 7) is 3.76. The molecular formula is C55H104NO8P. The largest absolute Gasteiger partial charge is 0.472 e. The number of ether oxygens (including phenoxy) is 2. The van der Waals surface area contributed by atoms with E-state index in [-0.39, 0.29) is 38.6 Å². The molecule has 0 aromatic carbocycles. The zero-order valence-electron chi connectivity index (χ0n) is 42.5. The summed E-state index contributed by atoms with van der Waals surface area (Å²) < 4.78 is 33.0. The smallest absolute Gasteiger partial charge is 0.462 e. The lowest BCUT2D eigenvalue weighted by atomic mass is 10.0. The minimum atomic E-state index is -4.39. The zero-order valence-corrected chi connectivity index (χ0v) is 43.4. The number of nitrogens with two attached hydrogens (primary N) is 1. The zero-order chi connectivity index (χ0) is 47.4. The van der Waals surface area contributed by atoms with E-state index in [1.165, 1.54) is 167 Å². The first-order valence-electron chi connectivity index (χ1n) is 27.5. The summed E-state index contributed by atoms with van der Waals surface area (Å²) in [6, 6.07) is 0. The number of hydrogen-bond acceptors (Lipinski definition) is 8. The van der Waals surface area contributed by atoms with Crippen LogP contribution in [0.1, 0.15) is 271 Å². The predicted molar refractivity (Wildman–Crippen MR) is 275 cm³/mol. The van der Waals surface area contributed by atoms with Crippen molar-refractivity contribution in [3.8, 4) is 0 Å². The number of unbranched alkanes of at least 4 members (excludes halogenated alkanes) is 33. The fraction of sp³-hybridized carbons (Fsp3) is 0.855. The van der Waals surface area contributed by atoms with Gasteiger partial charge in [-0.15, -0.1) is 0 Å². The van der Waals surface area contributed by atoms with Crippen LogP contribution in [0.3, 0.4) is 0 Å². The first-order chi connectivity index (χ1) is 31.8. The third-order valence-corrected chi connectivity index (χ3v) is 13.0. The summed E-state index contributed by atoms with van der Waals surface area (Å²) in [5.41, 5.74) is 5.37. The Morgan fingerprint density at radius 2 is 0.800 bits per heavy atom. The summed E-state index contributed by atoms with van der Waals surface area (Å²) in [5.74, 6) is -0.830. The number of rotatable bonds is 52. The molecule has 0 fully saturated rings. The van der Waals surface area contributed by atoms with Crippen molar-refractivity contribution in [2.75, 3.05) is 26.4 Å². The van der Waals surface area contributed by atoms with E-state index in [2.05, 4.69) is 50.3 Å². The van der Waals surface area contributed by atoms with Gasteiger partial charge in [0.15, 0.2) is 6.10 Å². The Labute approximate surface area is 401 Å². The van der Waals surface area contributed by atoms with E-state index in [4.69, 9.17) is 24.3 Å². The third-order valence-electron chi connectivity index (χ3n) is 12.0. The molecule has 0 aromatic rings. The van der Waals surface area contributed by atoms with Gasteiger partial charge in [-0.05, 0) is 51.4 Å². The molecule has 0 rings (SSSR count). The van der Waals surface area contributed by atoms with Crippen LogP contribution in [0.5, 0.6) is 0 Å². The number of phosphoric ester groups is 1. The lowest BCUT2D eigenvalue weighted by molar-refractivity contribution is -0.161. The molecule has 65 heavy (non-hydrogen) atoms. The van der Waals surface area contributed by atoms with E-state index >= 15 is 0 Å². The van der Waals surface area contributed by atoms with E-state index in [0.29, 0.717) is 6.42 Å². The molecule has 0 bridgehead atoms. The molecule has 0 aliphatic rings. The highest BCUT2D eigenvalue weighted by Crippen LogP contribution is 2.43. The van der Waals surface area contributed by atoms with E-state index in [9.17, 15) is 19.0 Å². The van der Waals surface area contributed by atoms with Crippen LogP contribution in [0.25, 0.3) is 0 Å². The molecule has 0 aliphatic carbocycles. The SMILES string of the molecule is CCCCCCC/C=C\C/C=C\C/C=C\CCCCCCCCC(=O)OC(COC(=O)CCCCCCCCCCCCCCCCCCCCCCCCC)COP(=O)(O)OCCN. The molecule has 0 amide bonds. The number of hydrogen-bond donors (Lipinski definition) is 2. The number of esters is 2. The second kappa shape index (κ2) is 51.6. The van der Waals surface area contributed by atoms with Gasteiger partial charge >= 0.3 is 19.8 Å². The van der Waals surface area contributed by atoms with E-state index in [1.54, 1.807) is 0 Å². The first-order valence-corrected chi connectivity index (χ1v) is 29.0. The number of allylic oxidation sites excluding steroid dienone is 6. The molecule has 0 radical (unpaired) electrons. The highest BCUT2D eigenvalue weighted by molar-refractivity contribution is 7.47. The Morgan fingerprint density at radius 3 is 1.18 bits per heavy atom. The van der Waals surface area contributed by atoms with Crippen LogP contribution in [0, 0.1) is 0 Å². The second-order valence-electron chi connectivity index (χ2n) is 18.5. The average molecular weight is 938 g/mol. The molecule has 3 N–H and O–H groups in total. The maximum Gasteiger partial charge on any atom is 0.472 e. The average Bonchev–Trinajstić information content (AvgIpc) is 3.30. The van der Waals surface area contributed by atoms with Crippen molar-refractivity contribution >= 4 is 19.8 Å². The van der Waals surface area contributed by atoms with Crippen LogP contribution < -0.4 is 5.73 Å². The van der Waals surface area contributed by atoms with E-state index < -0.39 is 26.5 Å². The van der Waals surface area contributed by atoms with Crippen LogP contribution in [0.15, 0.2) is 36.5 Å². The van der Waals surface area contributed by atoms with Crippen LogP contribution in [-0.2, 0) is 32.7 Å². The minimum absolute atomic E-state index is 0.0518. The Hall–Kier alpha value is -1.77. The van der Waals surface area contributed by atoms with Gasteiger partial charge in [0.1, 0.15) is 6.61 Å². The van der Waals surface area contributed by atoms with Gasteiger partial charge in [-0.1, -0.05) is 243 Å². The summed E-state index contributed by atoms with van der Waals surface area (Å²) in [6.07, 6.45) is 60.5. The van der Waals surface area contributed by atoms with Gasteiger partial charge in [0, 0.05) is 19.4 Å². The number of phosphoric acid groups is 1. The molecule has 9 nitrogen and oxygen atoms in total. The van der Waals surface area contributed by atoms with Crippen molar-refractivity contribution in [2.45, 2.75) is 277 Å². The van der Waals surface area contributed by atoms with Gasteiger partial charge in [-0.3, -0.25) is 18.6 Å². The van der Waals surface area contributed by atoms with Crippen molar-refractivity contribution in [3.63, 3.8) is 0 Å². The van der Waals surface area contributed by atoms with Gasteiger partial charge in [0.05, 0.1) is 13.2 Å². The molecule has 0 saturated heterocycles. The van der Waals surface area contributed by atoms with Crippen molar-refractivity contribution in [1.82, 2.24) is 0 Å². The van der Waals surface area contributed by atoms with Crippen molar-refractivity contribution in [2.24, 2.45) is 5.73 Å². The molecule has 0 saturated carbocycles. The topological polar surface area (TPSA) is 134 Å². The molecule has 2 atom stereocenters. The lowest BCUT2D eigenvalue weighted by Crippen LogP contribution is -2.29. The van der Waals surface area contributed by atoms with Crippen molar-refractivity contribution in [3.05, 3.63) is 36.5 Å². The van der Waals surface area contributed by atoms with Gasteiger partial charge in [-0.2, -0.15) is 0 Å². The van der Waals surface area contributed by atoms with Crippen LogP contribution >= 0.6 is 7.82 Å². The molecule has 382 valence electrons. The van der Waals surface area contributed by atoms with Crippen LogP contribution in [0.4, 0.5) is 0 Å². The molecule has 0 spiro atoms. The standard InChI is InChI=1S/C55H104NO8P/c1-3-5-7-9-11-13-15-17-19-21-23-25-26-28-29-31-33-35-37-39-41-43-45-47-54(57)61-51-53(52-63-65(59,60)62-50-49-56)64-55(58)48-46-44-42-40-38-36-34-32-30-27-24-22-20-18-16-14-12-10-8-6-4-2/h16,18,22,24,30,32,53H,3-15,17,19-21,23,25-29,31,33-52,56H2,1-2H3,(H,59,60)/b18-16-,24-22-,32-30-. The highest BCUT2D eigenvalue weighted by atomic mass is 31.2. The number of carbonyl (C=O) groups is 2. The van der Waals surface area contributed by atoms with Gasteiger partial charge < -0.3 is 20.1 Å². The normalized spacial score (nSPS) is 13.4. The Balaban J connectivity index is 4.01. The van der Waals surface area contributed by atoms with Gasteiger partial charge in [0.2, 0.25) is 0 Å². The first kappa shape index (κ1) is 63.2. The molecule has 0 heterocycles. The minimum Gasteiger partial charge on any atom is -0.462 e. The summed E-state index contributed by atoms with van der Waals surface area (Å²) in [7, 11) is -4.39. The molecule has 0 aliphatic heterocycles. The maximum absolute atomic E-state index is 12.7. The van der Waals surface area contributed by atoms with Crippen LogP contribution in [-0.4, -0.2) is 49.3 Å². The number of carbonyl (C=O) groups excluding carboxylic acids is 2. The van der Waals surface area contributed by atoms with Gasteiger partial charge in [0.25, 0.3) is 0 Å². The van der Waals surface area contributed by atoms with Crippen molar-refractivity contribution in [1.29, 1.82) is 0 Å². The third kappa shape index (κ3) is 51.5. The Kier molecular flexibility index (Phi) is 50.2. The summed E-state index contributed by atoms with van der Waals surface area (Å²) in [4.78, 5) is 35.1. The fourth-order valence-electron chi connectivity index (χ4n) is 7.94. The molecular weight excluding hydrogens is 834 g/mol. The highest BCUT2D eigenvalue weighted by Gasteiger charge is 2.26. The maximum atomic E-state index is 12.7. The molecule has 0 aromatic heterocycles. The van der Waals surface area contributed by atoms with Crippen LogP contribution in [0.2, 0.25) is 0 Å². The second-order valence-corrected chi connectivity index (χ2v) is 19.9. The summed E-state index contributed by atoms with van der Waals surface area (Å²) in [5, 5.41) is 0. The molecule has 2 unspecified atom stereocenters. The summed E-state index contributed by atoms with van der Waals surface area (Å²) >= 11 is 0. The monoisotopic (exact) mass is 938 g/mol.